The highest BCUT2D eigenvalue weighted by Crippen LogP contribution is 2.21. The van der Waals surface area contributed by atoms with Crippen molar-refractivity contribution in [1.29, 1.82) is 0 Å². The molecule has 0 unspecified atom stereocenters. The molecule has 0 amide bonds. The molecule has 0 bridgehead atoms. The average Bonchev–Trinajstić information content (AvgIpc) is 2.67. The zero-order valence-electron chi connectivity index (χ0n) is 14.8. The van der Waals surface area contributed by atoms with Crippen LogP contribution in [0.4, 0.5) is 0 Å². The summed E-state index contributed by atoms with van der Waals surface area (Å²) in [7, 11) is 0. The Morgan fingerprint density at radius 1 is 0.846 bits per heavy atom. The number of rotatable bonds is 3. The topological polar surface area (TPSA) is 56.9 Å². The van der Waals surface area contributed by atoms with Gasteiger partial charge in [-0.3, -0.25) is 14.2 Å². The summed E-state index contributed by atoms with van der Waals surface area (Å²) >= 11 is 0. The molecular weight excluding hydrogens is 326 g/mol. The third kappa shape index (κ3) is 2.36. The second-order valence-electron chi connectivity index (χ2n) is 6.17. The first-order chi connectivity index (χ1) is 12.7. The first-order valence-corrected chi connectivity index (χ1v) is 8.78. The minimum Gasteiger partial charge on any atom is -0.308 e. The predicted molar refractivity (Wildman–Crippen MR) is 105 cm³/mol. The van der Waals surface area contributed by atoms with Gasteiger partial charge in [-0.1, -0.05) is 30.3 Å². The Balaban J connectivity index is 2.15. The molecule has 0 aliphatic rings. The van der Waals surface area contributed by atoms with E-state index in [1.807, 2.05) is 56.3 Å². The molecule has 2 aromatic heterocycles. The Kier molecular flexibility index (Phi) is 3.92. The first-order valence-electron chi connectivity index (χ1n) is 8.78. The molecule has 0 fully saturated rings. The number of pyridine rings is 1. The molecule has 26 heavy (non-hydrogen) atoms. The van der Waals surface area contributed by atoms with Gasteiger partial charge in [0.2, 0.25) is 0 Å². The van der Waals surface area contributed by atoms with Gasteiger partial charge >= 0.3 is 0 Å². The van der Waals surface area contributed by atoms with Crippen molar-refractivity contribution in [3.8, 4) is 11.4 Å². The number of hydrogen-bond donors (Lipinski definition) is 0. The van der Waals surface area contributed by atoms with Crippen LogP contribution in [-0.4, -0.2) is 14.1 Å². The lowest BCUT2D eigenvalue weighted by Gasteiger charge is -2.14. The van der Waals surface area contributed by atoms with Gasteiger partial charge < -0.3 is 4.57 Å². The summed E-state index contributed by atoms with van der Waals surface area (Å²) in [5, 5.41) is 1.52. The molecular formula is C21H19N3O2. The van der Waals surface area contributed by atoms with Crippen LogP contribution < -0.4 is 11.1 Å². The van der Waals surface area contributed by atoms with Crippen molar-refractivity contribution in [1.82, 2.24) is 14.1 Å². The van der Waals surface area contributed by atoms with Crippen LogP contribution in [0.1, 0.15) is 13.8 Å². The van der Waals surface area contributed by atoms with Crippen LogP contribution in [0.5, 0.6) is 0 Å². The van der Waals surface area contributed by atoms with Crippen LogP contribution in [0.2, 0.25) is 0 Å². The van der Waals surface area contributed by atoms with Gasteiger partial charge in [-0.05, 0) is 43.5 Å². The predicted octanol–water partition coefficient (Wildman–Crippen LogP) is 3.42. The molecule has 0 spiro atoms. The Morgan fingerprint density at radius 3 is 2.31 bits per heavy atom. The molecule has 4 aromatic rings. The van der Waals surface area contributed by atoms with Gasteiger partial charge in [0, 0.05) is 13.1 Å². The van der Waals surface area contributed by atoms with E-state index in [-0.39, 0.29) is 11.1 Å². The number of fused-ring (bicyclic) bond motifs is 2. The summed E-state index contributed by atoms with van der Waals surface area (Å²) in [6.45, 7) is 4.83. The maximum Gasteiger partial charge on any atom is 0.262 e. The maximum atomic E-state index is 13.1. The fraction of sp³-hybridized carbons (Fsp3) is 0.190. The highest BCUT2D eigenvalue weighted by molar-refractivity contribution is 5.85. The molecule has 0 saturated carbocycles. The molecule has 5 nitrogen and oxygen atoms in total. The lowest BCUT2D eigenvalue weighted by Crippen LogP contribution is -2.27. The summed E-state index contributed by atoms with van der Waals surface area (Å²) < 4.78 is 3.31. The molecule has 130 valence electrons. The summed E-state index contributed by atoms with van der Waals surface area (Å²) in [5.41, 5.74) is 1.69. The van der Waals surface area contributed by atoms with Crippen LogP contribution >= 0.6 is 0 Å². The molecule has 0 aliphatic heterocycles. The number of para-hydroxylation sites is 2. The maximum absolute atomic E-state index is 13.1. The third-order valence-corrected chi connectivity index (χ3v) is 4.74. The molecule has 4 rings (SSSR count). The first kappa shape index (κ1) is 16.3. The Morgan fingerprint density at radius 2 is 1.54 bits per heavy atom. The van der Waals surface area contributed by atoms with Gasteiger partial charge in [0.25, 0.3) is 11.1 Å². The largest absolute Gasteiger partial charge is 0.308 e. The number of aryl methyl sites for hydroxylation is 1. The number of hydrogen-bond acceptors (Lipinski definition) is 3. The van der Waals surface area contributed by atoms with E-state index in [0.717, 1.165) is 10.9 Å². The van der Waals surface area contributed by atoms with Crippen molar-refractivity contribution in [3.63, 3.8) is 0 Å². The van der Waals surface area contributed by atoms with Gasteiger partial charge in [0.05, 0.1) is 22.0 Å². The molecule has 0 radical (unpaired) electrons. The van der Waals surface area contributed by atoms with E-state index in [9.17, 15) is 9.59 Å². The van der Waals surface area contributed by atoms with Gasteiger partial charge in [-0.15, -0.1) is 0 Å². The zero-order chi connectivity index (χ0) is 18.3. The third-order valence-electron chi connectivity index (χ3n) is 4.74. The van der Waals surface area contributed by atoms with E-state index < -0.39 is 0 Å². The van der Waals surface area contributed by atoms with Crippen molar-refractivity contribution in [2.75, 3.05) is 0 Å². The minimum absolute atomic E-state index is 0.122. The Bertz CT molecular complexity index is 1250. The quantitative estimate of drug-likeness (QED) is 0.572. The normalized spacial score (nSPS) is 11.3. The Hall–Kier alpha value is -3.21. The molecule has 0 saturated heterocycles. The van der Waals surface area contributed by atoms with Crippen molar-refractivity contribution in [2.45, 2.75) is 26.9 Å². The van der Waals surface area contributed by atoms with E-state index in [4.69, 9.17) is 0 Å². The monoisotopic (exact) mass is 345 g/mol. The SMILES string of the molecule is CCn1c(-c2cc3ccccc3n(CC)c2=O)nc2ccccc2c1=O. The lowest BCUT2D eigenvalue weighted by atomic mass is 10.1. The number of aromatic nitrogens is 3. The summed E-state index contributed by atoms with van der Waals surface area (Å²) in [6, 6.07) is 16.9. The fourth-order valence-electron chi connectivity index (χ4n) is 3.47. The summed E-state index contributed by atoms with van der Waals surface area (Å²) in [5.74, 6) is 0.425. The van der Waals surface area contributed by atoms with E-state index in [2.05, 4.69) is 4.98 Å². The van der Waals surface area contributed by atoms with Gasteiger partial charge in [0.1, 0.15) is 5.82 Å². The number of nitrogens with zero attached hydrogens (tertiary/aromatic N) is 3. The van der Waals surface area contributed by atoms with Crippen molar-refractivity contribution in [3.05, 3.63) is 75.3 Å². The van der Waals surface area contributed by atoms with Crippen LogP contribution in [0, 0.1) is 0 Å². The van der Waals surface area contributed by atoms with Crippen molar-refractivity contribution >= 4 is 21.8 Å². The fourth-order valence-corrected chi connectivity index (χ4v) is 3.47. The van der Waals surface area contributed by atoms with E-state index >= 15 is 0 Å². The molecule has 0 atom stereocenters. The highest BCUT2D eigenvalue weighted by Gasteiger charge is 2.17. The van der Waals surface area contributed by atoms with Gasteiger partial charge in [-0.25, -0.2) is 4.98 Å². The average molecular weight is 345 g/mol. The molecule has 0 aliphatic carbocycles. The smallest absolute Gasteiger partial charge is 0.262 e. The van der Waals surface area contributed by atoms with Crippen LogP contribution in [-0.2, 0) is 13.1 Å². The van der Waals surface area contributed by atoms with E-state index in [0.29, 0.717) is 35.4 Å². The van der Waals surface area contributed by atoms with Crippen LogP contribution in [0.15, 0.2) is 64.2 Å². The minimum atomic E-state index is -0.129. The molecule has 5 heteroatoms. The summed E-state index contributed by atoms with van der Waals surface area (Å²) in [6.07, 6.45) is 0. The second kappa shape index (κ2) is 6.26. The van der Waals surface area contributed by atoms with E-state index in [1.165, 1.54) is 0 Å². The molecule has 2 heterocycles. The lowest BCUT2D eigenvalue weighted by molar-refractivity contribution is 0.719. The van der Waals surface area contributed by atoms with Crippen LogP contribution in [0.25, 0.3) is 33.2 Å². The zero-order valence-corrected chi connectivity index (χ0v) is 14.8. The standard InChI is InChI=1S/C21H19N3O2/c1-3-23-18-12-8-5-9-14(18)13-16(21(23)26)19-22-17-11-7-6-10-15(17)20(25)24(19)4-2/h5-13H,3-4H2,1-2H3. The Labute approximate surface area is 150 Å². The van der Waals surface area contributed by atoms with Gasteiger partial charge in [0.15, 0.2) is 0 Å². The van der Waals surface area contributed by atoms with Crippen molar-refractivity contribution in [2.24, 2.45) is 0 Å². The number of benzene rings is 2. The second-order valence-corrected chi connectivity index (χ2v) is 6.17. The van der Waals surface area contributed by atoms with E-state index in [1.54, 1.807) is 21.3 Å². The molecule has 0 N–H and O–H groups in total. The van der Waals surface area contributed by atoms with Crippen molar-refractivity contribution < 1.29 is 0 Å². The van der Waals surface area contributed by atoms with Crippen LogP contribution in [0.3, 0.4) is 0 Å². The summed E-state index contributed by atoms with van der Waals surface area (Å²) in [4.78, 5) is 30.7. The van der Waals surface area contributed by atoms with Gasteiger partial charge in [-0.2, -0.15) is 0 Å². The highest BCUT2D eigenvalue weighted by atomic mass is 16.1. The molecule has 2 aromatic carbocycles.